The maximum atomic E-state index is 11.8. The van der Waals surface area contributed by atoms with E-state index in [1.807, 2.05) is 26.0 Å². The van der Waals surface area contributed by atoms with Gasteiger partial charge >= 0.3 is 29.9 Å². The van der Waals surface area contributed by atoms with Gasteiger partial charge in [-0.3, -0.25) is 0 Å². The van der Waals surface area contributed by atoms with Crippen LogP contribution in [0.3, 0.4) is 0 Å². The Morgan fingerprint density at radius 1 is 0.580 bits per heavy atom. The number of aromatic hydroxyl groups is 1. The first-order valence-corrected chi connectivity index (χ1v) is 20.3. The summed E-state index contributed by atoms with van der Waals surface area (Å²) in [4.78, 5) is 59.9. The molecule has 0 saturated heterocycles. The molecule has 69 heavy (non-hydrogen) atoms. The molecule has 0 unspecified atom stereocenters. The number of aromatic nitrogens is 11. The molecule has 0 aliphatic heterocycles. The predicted molar refractivity (Wildman–Crippen MR) is 235 cm³/mol. The van der Waals surface area contributed by atoms with Gasteiger partial charge < -0.3 is 37.0 Å². The Morgan fingerprint density at radius 3 is 1.26 bits per heavy atom. The van der Waals surface area contributed by atoms with Crippen molar-refractivity contribution in [3.63, 3.8) is 0 Å². The molecule has 9 N–H and O–H groups in total. The summed E-state index contributed by atoms with van der Waals surface area (Å²) in [6.45, 7) is 3.86. The molecule has 0 aliphatic rings. The highest BCUT2D eigenvalue weighted by Crippen LogP contribution is 2.36. The first-order chi connectivity index (χ1) is 33.1. The number of nitrogen functional groups attached to an aromatic ring is 2. The molecule has 0 radical (unpaired) electrons. The molecule has 2 aromatic carbocycles. The lowest BCUT2D eigenvalue weighted by molar-refractivity contribution is 0.0676. The fraction of sp³-hybridized carbons (Fsp3) is 0.195. The molecule has 0 saturated carbocycles. The monoisotopic (exact) mass is 937 g/mol. The third kappa shape index (κ3) is 9.46. The van der Waals surface area contributed by atoms with Crippen molar-refractivity contribution >= 4 is 58.5 Å². The number of aromatic carboxylic acids is 4. The maximum absolute atomic E-state index is 11.8. The molecule has 5 aromatic heterocycles. The topological polar surface area (TPSA) is 428 Å². The fourth-order valence-electron chi connectivity index (χ4n) is 6.59. The van der Waals surface area contributed by atoms with Gasteiger partial charge in [0.25, 0.3) is 11.9 Å². The van der Waals surface area contributed by atoms with Crippen molar-refractivity contribution in [3.05, 3.63) is 93.6 Å². The van der Waals surface area contributed by atoms with Crippen molar-refractivity contribution in [2.45, 2.75) is 52.4 Å². The summed E-state index contributed by atoms with van der Waals surface area (Å²) in [6, 6.07) is 9.50. The van der Waals surface area contributed by atoms with E-state index in [-0.39, 0.29) is 103 Å². The maximum Gasteiger partial charge on any atom is 0.335 e. The van der Waals surface area contributed by atoms with E-state index in [1.165, 1.54) is 0 Å². The molecule has 0 aliphatic carbocycles. The fourth-order valence-corrected chi connectivity index (χ4v) is 6.59. The molecule has 348 valence electrons. The zero-order valence-corrected chi connectivity index (χ0v) is 36.0. The van der Waals surface area contributed by atoms with Crippen molar-refractivity contribution in [1.82, 2.24) is 54.1 Å². The lowest BCUT2D eigenvalue weighted by atomic mass is 10.1. The molecule has 5 heterocycles. The first-order valence-electron chi connectivity index (χ1n) is 20.3. The second-order valence-electron chi connectivity index (χ2n) is 14.6. The molecular formula is C41H35N19O9. The van der Waals surface area contributed by atoms with Crippen molar-refractivity contribution in [2.75, 3.05) is 11.5 Å². The molecule has 7 aromatic rings. The SMILES string of the molecule is CCCCc1nn(-c2nc(O)nc(-n3nc(CCCC)c(/N=N\c4c(C#N)cnn4-c4cc(C(=O)O)cc(C(=O)O)c4)c3N)n2)c(N)c1N=Nc1c(C#N)cnn1-c1cc(C(=O)O)cc(C(=O)O)c1. The van der Waals surface area contributed by atoms with Crippen molar-refractivity contribution < 1.29 is 44.7 Å². The second-order valence-corrected chi connectivity index (χ2v) is 14.6. The first kappa shape index (κ1) is 46.7. The smallest absolute Gasteiger partial charge is 0.335 e. The van der Waals surface area contributed by atoms with Crippen LogP contribution in [0.25, 0.3) is 23.3 Å². The number of nitrogens with zero attached hydrogens (tertiary/aromatic N) is 17. The molecule has 0 fully saturated rings. The average Bonchev–Trinajstić information content (AvgIpc) is 4.10. The number of nitrogens with two attached hydrogens (primary N) is 2. The Labute approximate surface area is 386 Å². The van der Waals surface area contributed by atoms with Crippen LogP contribution in [-0.2, 0) is 12.8 Å². The molecule has 0 atom stereocenters. The summed E-state index contributed by atoms with van der Waals surface area (Å²) in [5.41, 5.74) is 11.9. The largest absolute Gasteiger partial charge is 0.479 e. The Morgan fingerprint density at radius 2 is 0.942 bits per heavy atom. The van der Waals surface area contributed by atoms with Gasteiger partial charge in [-0.2, -0.15) is 55.2 Å². The van der Waals surface area contributed by atoms with Crippen molar-refractivity contribution in [1.29, 1.82) is 10.5 Å². The van der Waals surface area contributed by atoms with E-state index in [2.05, 4.69) is 55.8 Å². The molecule has 28 heteroatoms. The summed E-state index contributed by atoms with van der Waals surface area (Å²) in [5.74, 6) is -7.17. The number of carbonyl (C=O) groups is 4. The van der Waals surface area contributed by atoms with Crippen LogP contribution in [0.2, 0.25) is 0 Å². The predicted octanol–water partition coefficient (Wildman–Crippen LogP) is 5.54. The molecular weight excluding hydrogens is 903 g/mol. The summed E-state index contributed by atoms with van der Waals surface area (Å²) < 4.78 is 4.16. The number of aryl methyl sites for hydroxylation is 2. The number of benzene rings is 2. The van der Waals surface area contributed by atoms with Crippen LogP contribution in [0.4, 0.5) is 34.6 Å². The number of anilines is 2. The lowest BCUT2D eigenvalue weighted by Gasteiger charge is -2.07. The quantitative estimate of drug-likeness (QED) is 0.0519. The van der Waals surface area contributed by atoms with Gasteiger partial charge in [-0.25, -0.2) is 28.5 Å². The zero-order chi connectivity index (χ0) is 49.7. The Bertz CT molecular complexity index is 3090. The van der Waals surface area contributed by atoms with Crippen LogP contribution < -0.4 is 11.5 Å². The molecule has 0 spiro atoms. The third-order valence-corrected chi connectivity index (χ3v) is 9.97. The average molecular weight is 938 g/mol. The number of rotatable bonds is 18. The van der Waals surface area contributed by atoms with Gasteiger partial charge in [-0.05, 0) is 62.1 Å². The minimum Gasteiger partial charge on any atom is -0.479 e. The molecule has 0 amide bonds. The van der Waals surface area contributed by atoms with E-state index in [9.17, 15) is 55.2 Å². The molecule has 0 bridgehead atoms. The standard InChI is InChI=1S/C41H35N19O9/c1-3-5-7-27-29(51-53-33-23(15-42)17-46-57(33)25-11-19(35(61)62)9-20(12-25)36(63)64)31(44)59(55-27)39-48-40(50-41(69)49-39)60-32(45)30(28(56-60)8-6-4-2)52-54-34-24(16-43)18-47-58(34)26-13-21(37(65)66)10-22(14-26)38(67)68/h9-14,17-18H,3-8,44-45H2,1-2H3,(H,61,62)(H,63,64)(H,65,66)(H,67,68)(H,48,49,50,69)/b53-51-,54-52?. The van der Waals surface area contributed by atoms with Crippen LogP contribution in [0.1, 0.15) is 103 Å². The minimum atomic E-state index is -1.42. The highest BCUT2D eigenvalue weighted by atomic mass is 16.4. The zero-order valence-electron chi connectivity index (χ0n) is 36.0. The third-order valence-electron chi connectivity index (χ3n) is 9.97. The molecule has 7 rings (SSSR count). The Balaban J connectivity index is 1.30. The van der Waals surface area contributed by atoms with E-state index < -0.39 is 29.9 Å². The minimum absolute atomic E-state index is 0.0138. The van der Waals surface area contributed by atoms with Gasteiger partial charge in [0.1, 0.15) is 23.3 Å². The number of azo groups is 2. The van der Waals surface area contributed by atoms with Gasteiger partial charge in [-0.15, -0.1) is 20.5 Å². The van der Waals surface area contributed by atoms with Crippen LogP contribution in [-0.4, -0.2) is 103 Å². The number of carboxylic acids is 4. The van der Waals surface area contributed by atoms with Gasteiger partial charge in [0, 0.05) is 0 Å². The van der Waals surface area contributed by atoms with E-state index in [4.69, 9.17) is 11.5 Å². The van der Waals surface area contributed by atoms with Crippen LogP contribution >= 0.6 is 0 Å². The van der Waals surface area contributed by atoms with Gasteiger partial charge in [0.05, 0.1) is 57.4 Å². The van der Waals surface area contributed by atoms with Gasteiger partial charge in [0.15, 0.2) is 34.6 Å². The Kier molecular flexibility index (Phi) is 13.2. The highest BCUT2D eigenvalue weighted by Gasteiger charge is 2.25. The number of hydrogen-bond donors (Lipinski definition) is 7. The van der Waals surface area contributed by atoms with Crippen molar-refractivity contribution in [2.24, 2.45) is 20.5 Å². The number of unbranched alkanes of at least 4 members (excludes halogenated alkanes) is 2. The Hall–Kier alpha value is -10.3. The summed E-state index contributed by atoms with van der Waals surface area (Å²) >= 11 is 0. The van der Waals surface area contributed by atoms with Crippen molar-refractivity contribution in [3.8, 4) is 41.4 Å². The lowest BCUT2D eigenvalue weighted by Crippen LogP contribution is -2.13. The second kappa shape index (κ2) is 19.5. The number of nitriles is 2. The van der Waals surface area contributed by atoms with Gasteiger partial charge in [-0.1, -0.05) is 26.7 Å². The highest BCUT2D eigenvalue weighted by molar-refractivity contribution is 5.95. The van der Waals surface area contributed by atoms with Crippen LogP contribution in [0.15, 0.2) is 69.2 Å². The van der Waals surface area contributed by atoms with E-state index in [0.29, 0.717) is 38.5 Å². The van der Waals surface area contributed by atoms with Gasteiger partial charge in [0.2, 0.25) is 0 Å². The molecule has 28 nitrogen and oxygen atoms in total. The summed E-state index contributed by atoms with van der Waals surface area (Å²) in [7, 11) is 0. The van der Waals surface area contributed by atoms with E-state index >= 15 is 0 Å². The number of hydrogen-bond acceptors (Lipinski definition) is 20. The van der Waals surface area contributed by atoms with Crippen LogP contribution in [0.5, 0.6) is 6.01 Å². The number of carboxylic acid groups (broad SMARTS) is 4. The van der Waals surface area contributed by atoms with Crippen LogP contribution in [0, 0.1) is 22.7 Å². The van der Waals surface area contributed by atoms with E-state index in [0.717, 1.165) is 67.5 Å². The summed E-state index contributed by atoms with van der Waals surface area (Å²) in [5, 5.41) is 104. The summed E-state index contributed by atoms with van der Waals surface area (Å²) in [6.07, 6.45) is 5.43. The normalized spacial score (nSPS) is 11.3. The van der Waals surface area contributed by atoms with E-state index in [1.54, 1.807) is 0 Å².